The fourth-order valence-electron chi connectivity index (χ4n) is 4.63. The molecule has 1 saturated carbocycles. The summed E-state index contributed by atoms with van der Waals surface area (Å²) in [6.07, 6.45) is 4.77. The molecule has 1 spiro atoms. The third kappa shape index (κ3) is 5.34. The number of nitrogens with zero attached hydrogens (tertiary/aromatic N) is 2. The van der Waals surface area contributed by atoms with E-state index in [1.165, 1.54) is 31.0 Å². The zero-order chi connectivity index (χ0) is 24.3. The summed E-state index contributed by atoms with van der Waals surface area (Å²) in [5.74, 6) is 0.187. The number of likely N-dealkylation sites (tertiary alicyclic amines) is 1. The van der Waals surface area contributed by atoms with Crippen LogP contribution in [-0.4, -0.2) is 43.9 Å². The Hall–Kier alpha value is -3.10. The number of amides is 1. The standard InChI is InChI=1S/C25H29ClFN5O2/c1-3-24(33)31-22-8-16(12-29-18-4-5-20(27)19(26)9-18)21(30-15-28)10-23(22)34-13-17-11-25(17)6-7-32(2)14-25/h3-5,8-10,15,17,29H,1,6-7,11-14H2,2H3,(H2,28,30)(H,31,33). The van der Waals surface area contributed by atoms with Crippen molar-refractivity contribution in [2.75, 3.05) is 37.4 Å². The maximum Gasteiger partial charge on any atom is 0.247 e. The molecule has 1 aliphatic heterocycles. The van der Waals surface area contributed by atoms with Crippen LogP contribution in [0.25, 0.3) is 0 Å². The Balaban J connectivity index is 1.54. The molecule has 4 rings (SSSR count). The second kappa shape index (κ2) is 10.0. The van der Waals surface area contributed by atoms with Crippen LogP contribution in [0.4, 0.5) is 21.5 Å². The van der Waals surface area contributed by atoms with Crippen LogP contribution in [0.2, 0.25) is 5.02 Å². The fourth-order valence-corrected chi connectivity index (χ4v) is 4.81. The summed E-state index contributed by atoms with van der Waals surface area (Å²) in [7, 11) is 2.15. The highest BCUT2D eigenvalue weighted by atomic mass is 35.5. The molecule has 2 unspecified atom stereocenters. The van der Waals surface area contributed by atoms with Gasteiger partial charge in [-0.2, -0.15) is 0 Å². The van der Waals surface area contributed by atoms with Crippen molar-refractivity contribution in [1.82, 2.24) is 4.90 Å². The number of hydrogen-bond acceptors (Lipinski definition) is 5. The van der Waals surface area contributed by atoms with Gasteiger partial charge < -0.3 is 26.0 Å². The van der Waals surface area contributed by atoms with Gasteiger partial charge in [0.25, 0.3) is 0 Å². The van der Waals surface area contributed by atoms with Crippen LogP contribution >= 0.6 is 11.6 Å². The van der Waals surface area contributed by atoms with Gasteiger partial charge in [0.1, 0.15) is 11.6 Å². The van der Waals surface area contributed by atoms with Crippen molar-refractivity contribution in [2.24, 2.45) is 22.1 Å². The third-order valence-electron chi connectivity index (χ3n) is 6.62. The van der Waals surface area contributed by atoms with E-state index in [0.29, 0.717) is 47.3 Å². The number of benzene rings is 2. The number of anilines is 2. The number of carbonyl (C=O) groups excluding carboxylic acids is 1. The summed E-state index contributed by atoms with van der Waals surface area (Å²) in [4.78, 5) is 18.7. The molecule has 9 heteroatoms. The van der Waals surface area contributed by atoms with Gasteiger partial charge in [0.2, 0.25) is 5.91 Å². The van der Waals surface area contributed by atoms with Crippen LogP contribution in [0, 0.1) is 17.2 Å². The molecule has 1 heterocycles. The Morgan fingerprint density at radius 1 is 1.44 bits per heavy atom. The second-order valence-corrected chi connectivity index (χ2v) is 9.40. The van der Waals surface area contributed by atoms with E-state index < -0.39 is 5.82 Å². The van der Waals surface area contributed by atoms with Crippen LogP contribution in [0.3, 0.4) is 0 Å². The number of carbonyl (C=O) groups is 1. The largest absolute Gasteiger partial charge is 0.491 e. The summed E-state index contributed by atoms with van der Waals surface area (Å²) in [5, 5.41) is 6.05. The molecule has 2 aliphatic rings. The number of hydrogen-bond donors (Lipinski definition) is 3. The van der Waals surface area contributed by atoms with E-state index in [9.17, 15) is 9.18 Å². The Kier molecular flexibility index (Phi) is 7.09. The van der Waals surface area contributed by atoms with Crippen molar-refractivity contribution < 1.29 is 13.9 Å². The number of aliphatic imine (C=N–C) groups is 1. The van der Waals surface area contributed by atoms with Gasteiger partial charge in [-0.3, -0.25) is 4.79 Å². The van der Waals surface area contributed by atoms with E-state index in [1.807, 2.05) is 0 Å². The van der Waals surface area contributed by atoms with Crippen LogP contribution in [0.5, 0.6) is 5.75 Å². The van der Waals surface area contributed by atoms with Crippen molar-refractivity contribution in [2.45, 2.75) is 19.4 Å². The Bertz CT molecular complexity index is 1120. The molecule has 1 saturated heterocycles. The van der Waals surface area contributed by atoms with Gasteiger partial charge in [0.15, 0.2) is 0 Å². The summed E-state index contributed by atoms with van der Waals surface area (Å²) < 4.78 is 19.7. The van der Waals surface area contributed by atoms with Gasteiger partial charge in [-0.05, 0) is 67.8 Å². The van der Waals surface area contributed by atoms with E-state index in [0.717, 1.165) is 25.1 Å². The first-order valence-electron chi connectivity index (χ1n) is 11.2. The molecular weight excluding hydrogens is 457 g/mol. The lowest BCUT2D eigenvalue weighted by molar-refractivity contribution is -0.111. The van der Waals surface area contributed by atoms with Crippen molar-refractivity contribution in [1.29, 1.82) is 0 Å². The van der Waals surface area contributed by atoms with Crippen LogP contribution in [0.15, 0.2) is 48.0 Å². The number of halogens is 2. The van der Waals surface area contributed by atoms with Crippen molar-refractivity contribution in [3.8, 4) is 5.75 Å². The van der Waals surface area contributed by atoms with Crippen LogP contribution in [-0.2, 0) is 11.3 Å². The minimum Gasteiger partial charge on any atom is -0.491 e. The minimum atomic E-state index is -0.488. The number of nitrogens with one attached hydrogen (secondary N) is 2. The topological polar surface area (TPSA) is 92.0 Å². The quantitative estimate of drug-likeness (QED) is 0.275. The lowest BCUT2D eigenvalue weighted by atomic mass is 10.0. The summed E-state index contributed by atoms with van der Waals surface area (Å²) in [6, 6.07) is 7.96. The first-order valence-corrected chi connectivity index (χ1v) is 11.6. The van der Waals surface area contributed by atoms with E-state index in [4.69, 9.17) is 22.1 Å². The highest BCUT2D eigenvalue weighted by Gasteiger charge is 2.56. The Labute approximate surface area is 203 Å². The van der Waals surface area contributed by atoms with E-state index in [2.05, 4.69) is 34.2 Å². The summed E-state index contributed by atoms with van der Waals surface area (Å²) in [5.41, 5.74) is 8.47. The van der Waals surface area contributed by atoms with Gasteiger partial charge in [-0.25, -0.2) is 9.38 Å². The van der Waals surface area contributed by atoms with Gasteiger partial charge in [-0.15, -0.1) is 0 Å². The lowest BCUT2D eigenvalue weighted by Crippen LogP contribution is -2.17. The highest BCUT2D eigenvalue weighted by molar-refractivity contribution is 6.31. The molecule has 0 bridgehead atoms. The molecule has 2 atom stereocenters. The van der Waals surface area contributed by atoms with E-state index in [-0.39, 0.29) is 10.9 Å². The molecule has 2 aromatic rings. The summed E-state index contributed by atoms with van der Waals surface area (Å²) in [6.45, 7) is 6.66. The molecule has 34 heavy (non-hydrogen) atoms. The third-order valence-corrected chi connectivity index (χ3v) is 6.91. The molecule has 1 amide bonds. The summed E-state index contributed by atoms with van der Waals surface area (Å²) >= 11 is 5.88. The van der Waals surface area contributed by atoms with Crippen molar-refractivity contribution in [3.05, 3.63) is 59.4 Å². The first-order chi connectivity index (χ1) is 16.3. The molecule has 2 fully saturated rings. The Morgan fingerprint density at radius 3 is 2.94 bits per heavy atom. The predicted molar refractivity (Wildman–Crippen MR) is 134 cm³/mol. The number of nitrogens with two attached hydrogens (primary N) is 1. The maximum absolute atomic E-state index is 13.5. The van der Waals surface area contributed by atoms with Crippen LogP contribution in [0.1, 0.15) is 18.4 Å². The lowest BCUT2D eigenvalue weighted by Gasteiger charge is -2.17. The predicted octanol–water partition coefficient (Wildman–Crippen LogP) is 4.55. The second-order valence-electron chi connectivity index (χ2n) is 8.99. The number of rotatable bonds is 9. The average Bonchev–Trinajstić information content (AvgIpc) is 3.35. The normalized spacial score (nSPS) is 21.7. The molecule has 0 radical (unpaired) electrons. The zero-order valence-corrected chi connectivity index (χ0v) is 19.9. The molecule has 180 valence electrons. The smallest absolute Gasteiger partial charge is 0.247 e. The van der Waals surface area contributed by atoms with E-state index >= 15 is 0 Å². The monoisotopic (exact) mass is 485 g/mol. The Morgan fingerprint density at radius 2 is 2.26 bits per heavy atom. The van der Waals surface area contributed by atoms with Gasteiger partial charge in [-0.1, -0.05) is 18.2 Å². The molecule has 0 aromatic heterocycles. The van der Waals surface area contributed by atoms with Crippen molar-refractivity contribution in [3.63, 3.8) is 0 Å². The SMILES string of the molecule is C=CC(=O)Nc1cc(CNc2ccc(F)c(Cl)c2)c(N=CN)cc1OCC1CC12CCN(C)C2. The molecule has 4 N–H and O–H groups in total. The zero-order valence-electron chi connectivity index (χ0n) is 19.1. The molecule has 2 aromatic carbocycles. The van der Waals surface area contributed by atoms with Gasteiger partial charge in [0.05, 0.1) is 29.3 Å². The fraction of sp³-hybridized carbons (Fsp3) is 0.360. The maximum atomic E-state index is 13.5. The molecule has 7 nitrogen and oxygen atoms in total. The van der Waals surface area contributed by atoms with Crippen molar-refractivity contribution >= 4 is 40.9 Å². The minimum absolute atomic E-state index is 0.0270. The average molecular weight is 486 g/mol. The van der Waals surface area contributed by atoms with Gasteiger partial charge >= 0.3 is 0 Å². The number of ether oxygens (including phenoxy) is 1. The first kappa shape index (κ1) is 24.0. The van der Waals surface area contributed by atoms with Crippen LogP contribution < -0.4 is 21.1 Å². The molecular formula is C25H29ClFN5O2. The highest BCUT2D eigenvalue weighted by Crippen LogP contribution is 2.58. The molecule has 1 aliphatic carbocycles. The van der Waals surface area contributed by atoms with Gasteiger partial charge in [0, 0.05) is 30.8 Å². The van der Waals surface area contributed by atoms with E-state index in [1.54, 1.807) is 18.2 Å².